The van der Waals surface area contributed by atoms with Crippen molar-refractivity contribution < 1.29 is 17.9 Å². The van der Waals surface area contributed by atoms with Crippen LogP contribution in [0.4, 0.5) is 0 Å². The molecule has 2 aromatic heterocycles. The molecular formula is C36H41ClN4O4S. The van der Waals surface area contributed by atoms with Crippen molar-refractivity contribution in [3.05, 3.63) is 105 Å². The number of amides is 1. The Bertz CT molecular complexity index is 1990. The Morgan fingerprint density at radius 2 is 1.65 bits per heavy atom. The van der Waals surface area contributed by atoms with Crippen LogP contribution in [0.2, 0.25) is 5.02 Å². The first-order valence-corrected chi connectivity index (χ1v) is 17.5. The molecule has 0 saturated carbocycles. The fraction of sp³-hybridized carbons (Fsp3) is 0.333. The monoisotopic (exact) mass is 660 g/mol. The van der Waals surface area contributed by atoms with Gasteiger partial charge >= 0.3 is 0 Å². The van der Waals surface area contributed by atoms with Crippen LogP contribution >= 0.6 is 11.6 Å². The van der Waals surface area contributed by atoms with Gasteiger partial charge in [0.25, 0.3) is 0 Å². The quantitative estimate of drug-likeness (QED) is 0.142. The third-order valence-corrected chi connectivity index (χ3v) is 10.4. The number of rotatable bonds is 12. The molecule has 0 aliphatic rings. The van der Waals surface area contributed by atoms with Gasteiger partial charge in [-0.2, -0.15) is 5.10 Å². The molecule has 2 heterocycles. The van der Waals surface area contributed by atoms with Gasteiger partial charge in [-0.3, -0.25) is 14.2 Å². The van der Waals surface area contributed by atoms with Gasteiger partial charge < -0.3 is 9.30 Å². The van der Waals surface area contributed by atoms with Crippen LogP contribution in [-0.2, 0) is 40.6 Å². The molecule has 8 nitrogen and oxygen atoms in total. The Kier molecular flexibility index (Phi) is 9.93. The van der Waals surface area contributed by atoms with Crippen molar-refractivity contribution in [1.29, 1.82) is 0 Å². The summed E-state index contributed by atoms with van der Waals surface area (Å²) in [6, 6.07) is 19.0. The van der Waals surface area contributed by atoms with E-state index in [9.17, 15) is 13.2 Å². The van der Waals surface area contributed by atoms with Crippen molar-refractivity contribution in [2.24, 2.45) is 7.05 Å². The molecule has 3 aromatic carbocycles. The summed E-state index contributed by atoms with van der Waals surface area (Å²) in [5.74, 6) is 0.0133. The normalized spacial score (nSPS) is 11.7. The van der Waals surface area contributed by atoms with Crippen LogP contribution in [0.5, 0.6) is 5.75 Å². The van der Waals surface area contributed by atoms with Gasteiger partial charge in [0.1, 0.15) is 5.75 Å². The average Bonchev–Trinajstić information content (AvgIpc) is 3.42. The first-order chi connectivity index (χ1) is 21.9. The highest BCUT2D eigenvalue weighted by Crippen LogP contribution is 2.37. The average molecular weight is 661 g/mol. The highest BCUT2D eigenvalue weighted by molar-refractivity contribution is 7.89. The highest BCUT2D eigenvalue weighted by atomic mass is 35.5. The molecule has 0 unspecified atom stereocenters. The van der Waals surface area contributed by atoms with Gasteiger partial charge in [0.2, 0.25) is 15.9 Å². The highest BCUT2D eigenvalue weighted by Gasteiger charge is 2.22. The second-order valence-electron chi connectivity index (χ2n) is 11.9. The van der Waals surface area contributed by atoms with Gasteiger partial charge in [-0.15, -0.1) is 0 Å². The van der Waals surface area contributed by atoms with E-state index >= 15 is 0 Å². The summed E-state index contributed by atoms with van der Waals surface area (Å²) in [5.41, 5.74) is 9.90. The van der Waals surface area contributed by atoms with Gasteiger partial charge in [0.05, 0.1) is 23.6 Å². The number of para-hydroxylation sites is 1. The molecule has 0 saturated heterocycles. The van der Waals surface area contributed by atoms with E-state index in [-0.39, 0.29) is 12.2 Å². The zero-order valence-electron chi connectivity index (χ0n) is 27.3. The molecule has 5 aromatic rings. The van der Waals surface area contributed by atoms with Crippen LogP contribution in [0, 0.1) is 34.6 Å². The number of hydrogen-bond acceptors (Lipinski definition) is 5. The van der Waals surface area contributed by atoms with E-state index in [2.05, 4.69) is 46.4 Å². The lowest BCUT2D eigenvalue weighted by Gasteiger charge is -2.13. The molecule has 242 valence electrons. The van der Waals surface area contributed by atoms with Crippen molar-refractivity contribution in [3.63, 3.8) is 0 Å². The molecule has 10 heteroatoms. The van der Waals surface area contributed by atoms with Crippen LogP contribution in [0.3, 0.4) is 0 Å². The minimum Gasteiger partial charge on any atom is -0.494 e. The fourth-order valence-corrected chi connectivity index (χ4v) is 7.52. The van der Waals surface area contributed by atoms with Crippen LogP contribution in [0.1, 0.15) is 52.2 Å². The molecule has 0 fully saturated rings. The number of aryl methyl sites for hydroxylation is 6. The van der Waals surface area contributed by atoms with Crippen molar-refractivity contribution in [2.75, 3.05) is 6.61 Å². The standard InChI is InChI=1S/C36H41ClN4O4S/c1-23-20-29(21-24(2)35(23)37)45-19-11-16-30-26(4)41(18-17-33(42)39-46(43,44)22-28-12-8-7-9-13-28)36-31(30)14-10-15-32(36)34-25(3)38-40(6)27(34)5/h7-10,12-15,20-21H,11,16-19,22H2,1-6H3,(H,39,42). The number of ether oxygens (including phenoxy) is 1. The number of fused-ring (bicyclic) bond motifs is 1. The van der Waals surface area contributed by atoms with Crippen LogP contribution < -0.4 is 9.46 Å². The van der Waals surface area contributed by atoms with Crippen LogP contribution in [0.15, 0.2) is 60.7 Å². The van der Waals surface area contributed by atoms with E-state index in [4.69, 9.17) is 16.3 Å². The molecule has 1 N–H and O–H groups in total. The maximum Gasteiger partial charge on any atom is 0.239 e. The molecule has 5 rings (SSSR count). The minimum atomic E-state index is -3.83. The number of carbonyl (C=O) groups is 1. The molecule has 0 atom stereocenters. The third-order valence-electron chi connectivity index (χ3n) is 8.53. The van der Waals surface area contributed by atoms with E-state index < -0.39 is 15.9 Å². The first-order valence-electron chi connectivity index (χ1n) is 15.4. The molecule has 46 heavy (non-hydrogen) atoms. The molecule has 0 radical (unpaired) electrons. The number of nitrogens with zero attached hydrogens (tertiary/aromatic N) is 3. The molecule has 1 amide bonds. The summed E-state index contributed by atoms with van der Waals surface area (Å²) in [4.78, 5) is 13.0. The Balaban J connectivity index is 1.42. The Hall–Kier alpha value is -4.08. The number of halogens is 1. The summed E-state index contributed by atoms with van der Waals surface area (Å²) in [7, 11) is -1.90. The lowest BCUT2D eigenvalue weighted by molar-refractivity contribution is -0.119. The molecule has 0 aliphatic heterocycles. The van der Waals surface area contributed by atoms with Gasteiger partial charge in [-0.25, -0.2) is 8.42 Å². The smallest absolute Gasteiger partial charge is 0.239 e. The van der Waals surface area contributed by atoms with E-state index in [1.165, 1.54) is 5.56 Å². The second-order valence-corrected chi connectivity index (χ2v) is 14.0. The van der Waals surface area contributed by atoms with Crippen molar-refractivity contribution in [1.82, 2.24) is 19.1 Å². The summed E-state index contributed by atoms with van der Waals surface area (Å²) >= 11 is 6.34. The van der Waals surface area contributed by atoms with Gasteiger partial charge in [0, 0.05) is 52.9 Å². The van der Waals surface area contributed by atoms with E-state index in [1.807, 2.05) is 50.7 Å². The minimum absolute atomic E-state index is 0.00972. The van der Waals surface area contributed by atoms with Crippen LogP contribution in [0.25, 0.3) is 22.0 Å². The first kappa shape index (κ1) is 33.3. The van der Waals surface area contributed by atoms with Crippen molar-refractivity contribution in [2.45, 2.75) is 66.2 Å². The lowest BCUT2D eigenvalue weighted by atomic mass is 9.98. The van der Waals surface area contributed by atoms with E-state index in [0.29, 0.717) is 18.7 Å². The van der Waals surface area contributed by atoms with E-state index in [0.717, 1.165) is 73.9 Å². The largest absolute Gasteiger partial charge is 0.494 e. The number of benzene rings is 3. The third kappa shape index (κ3) is 7.16. The fourth-order valence-electron chi connectivity index (χ4n) is 6.26. The summed E-state index contributed by atoms with van der Waals surface area (Å²) in [6.45, 7) is 10.9. The SMILES string of the molecule is Cc1cc(OCCCc2c(C)n(CCC(=O)NS(=O)(=O)Cc3ccccc3)c3c(-c4c(C)nn(C)c4C)cccc23)cc(C)c1Cl. The second kappa shape index (κ2) is 13.7. The number of hydrogen-bond donors (Lipinski definition) is 1. The lowest BCUT2D eigenvalue weighted by Crippen LogP contribution is -2.32. The van der Waals surface area contributed by atoms with Crippen molar-refractivity contribution >= 4 is 38.4 Å². The predicted octanol–water partition coefficient (Wildman–Crippen LogP) is 7.29. The molecule has 0 spiro atoms. The summed E-state index contributed by atoms with van der Waals surface area (Å²) < 4.78 is 37.9. The number of carbonyl (C=O) groups excluding carboxylic acids is 1. The maximum atomic E-state index is 13.0. The summed E-state index contributed by atoms with van der Waals surface area (Å²) in [5, 5.41) is 6.52. The number of sulfonamides is 1. The Morgan fingerprint density at radius 1 is 0.957 bits per heavy atom. The number of aromatic nitrogens is 3. The Labute approximate surface area is 276 Å². The van der Waals surface area contributed by atoms with E-state index in [1.54, 1.807) is 24.3 Å². The molecular weight excluding hydrogens is 620 g/mol. The Morgan fingerprint density at radius 3 is 2.30 bits per heavy atom. The van der Waals surface area contributed by atoms with Crippen molar-refractivity contribution in [3.8, 4) is 16.9 Å². The van der Waals surface area contributed by atoms with Gasteiger partial charge in [0.15, 0.2) is 0 Å². The zero-order valence-corrected chi connectivity index (χ0v) is 28.8. The maximum absolute atomic E-state index is 13.0. The zero-order chi connectivity index (χ0) is 33.2. The topological polar surface area (TPSA) is 95.2 Å². The van der Waals surface area contributed by atoms with Gasteiger partial charge in [-0.05, 0) is 81.8 Å². The predicted molar refractivity (Wildman–Crippen MR) is 185 cm³/mol. The molecule has 0 aliphatic carbocycles. The van der Waals surface area contributed by atoms with Gasteiger partial charge in [-0.1, -0.05) is 60.1 Å². The van der Waals surface area contributed by atoms with Crippen LogP contribution in [-0.4, -0.2) is 35.3 Å². The number of nitrogens with one attached hydrogen (secondary N) is 1. The molecule has 0 bridgehead atoms. The summed E-state index contributed by atoms with van der Waals surface area (Å²) in [6.07, 6.45) is 1.57.